The zero-order chi connectivity index (χ0) is 15.0. The summed E-state index contributed by atoms with van der Waals surface area (Å²) in [5, 5.41) is 0. The molecule has 0 amide bonds. The highest BCUT2D eigenvalue weighted by Crippen LogP contribution is 2.13. The fourth-order valence-electron chi connectivity index (χ4n) is 1.66. The Morgan fingerprint density at radius 1 is 1.20 bits per heavy atom. The van der Waals surface area contributed by atoms with Gasteiger partial charge in [-0.05, 0) is 51.3 Å². The predicted molar refractivity (Wildman–Crippen MR) is 76.8 cm³/mol. The number of unbranched alkanes of at least 4 members (excludes halogenated alkanes) is 1. The van der Waals surface area contributed by atoms with Crippen LogP contribution in [-0.4, -0.2) is 24.5 Å². The smallest absolute Gasteiger partial charge is 0.374 e. The van der Waals surface area contributed by atoms with Crippen molar-refractivity contribution < 1.29 is 19.1 Å². The molecule has 1 aromatic carbocycles. The Hall–Kier alpha value is -1.84. The van der Waals surface area contributed by atoms with Crippen molar-refractivity contribution in [2.45, 2.75) is 46.1 Å². The zero-order valence-corrected chi connectivity index (χ0v) is 12.3. The molecule has 0 aromatic heterocycles. The zero-order valence-electron chi connectivity index (χ0n) is 12.3. The van der Waals surface area contributed by atoms with Crippen LogP contribution in [0.5, 0.6) is 5.75 Å². The topological polar surface area (TPSA) is 52.6 Å². The molecule has 110 valence electrons. The Labute approximate surface area is 120 Å². The fourth-order valence-corrected chi connectivity index (χ4v) is 1.66. The SMILES string of the molecule is Cc1cccc(OCCCCC(=O)C(=O)OC(C)C)c1. The second-order valence-electron chi connectivity index (χ2n) is 5.00. The standard InChI is InChI=1S/C16H22O4/c1-12(2)20-16(18)15(17)9-4-5-10-19-14-8-6-7-13(3)11-14/h6-8,11-12H,4-5,9-10H2,1-3H3. The summed E-state index contributed by atoms with van der Waals surface area (Å²) in [5.41, 5.74) is 1.15. The van der Waals surface area contributed by atoms with Crippen LogP contribution in [0.2, 0.25) is 0 Å². The van der Waals surface area contributed by atoms with E-state index in [1.807, 2.05) is 31.2 Å². The molecular formula is C16H22O4. The van der Waals surface area contributed by atoms with Crippen LogP contribution in [0.25, 0.3) is 0 Å². The molecule has 0 bridgehead atoms. The summed E-state index contributed by atoms with van der Waals surface area (Å²) >= 11 is 0. The first-order valence-corrected chi connectivity index (χ1v) is 6.92. The molecule has 0 unspecified atom stereocenters. The third-order valence-corrected chi connectivity index (χ3v) is 2.63. The van der Waals surface area contributed by atoms with Gasteiger partial charge < -0.3 is 9.47 Å². The molecule has 0 fully saturated rings. The van der Waals surface area contributed by atoms with Gasteiger partial charge in [0.1, 0.15) is 5.75 Å². The average Bonchev–Trinajstić information content (AvgIpc) is 2.37. The summed E-state index contributed by atoms with van der Waals surface area (Å²) in [6, 6.07) is 7.81. The lowest BCUT2D eigenvalue weighted by molar-refractivity contribution is -0.156. The van der Waals surface area contributed by atoms with Crippen LogP contribution in [-0.2, 0) is 14.3 Å². The first-order chi connectivity index (χ1) is 9.49. The van der Waals surface area contributed by atoms with Gasteiger partial charge in [-0.1, -0.05) is 12.1 Å². The van der Waals surface area contributed by atoms with E-state index in [0.29, 0.717) is 13.0 Å². The summed E-state index contributed by atoms with van der Waals surface area (Å²) in [6.07, 6.45) is 1.31. The Morgan fingerprint density at radius 3 is 2.60 bits per heavy atom. The van der Waals surface area contributed by atoms with Gasteiger partial charge in [-0.2, -0.15) is 0 Å². The summed E-state index contributed by atoms with van der Waals surface area (Å²) in [5.74, 6) is -0.371. The molecule has 0 N–H and O–H groups in total. The fraction of sp³-hybridized carbons (Fsp3) is 0.500. The molecular weight excluding hydrogens is 256 g/mol. The summed E-state index contributed by atoms with van der Waals surface area (Å²) in [7, 11) is 0. The maximum Gasteiger partial charge on any atom is 0.374 e. The molecule has 0 saturated heterocycles. The molecule has 0 heterocycles. The highest BCUT2D eigenvalue weighted by Gasteiger charge is 2.15. The third-order valence-electron chi connectivity index (χ3n) is 2.63. The van der Waals surface area contributed by atoms with E-state index in [4.69, 9.17) is 9.47 Å². The van der Waals surface area contributed by atoms with Crippen molar-refractivity contribution in [2.75, 3.05) is 6.61 Å². The molecule has 0 spiro atoms. The molecule has 0 aliphatic heterocycles. The maximum atomic E-state index is 11.4. The van der Waals surface area contributed by atoms with Gasteiger partial charge in [0.05, 0.1) is 12.7 Å². The van der Waals surface area contributed by atoms with Gasteiger partial charge in [-0.15, -0.1) is 0 Å². The maximum absolute atomic E-state index is 11.4. The number of hydrogen-bond acceptors (Lipinski definition) is 4. The van der Waals surface area contributed by atoms with Gasteiger partial charge in [-0.3, -0.25) is 4.79 Å². The van der Waals surface area contributed by atoms with Gasteiger partial charge in [0.2, 0.25) is 5.78 Å². The molecule has 4 heteroatoms. The van der Waals surface area contributed by atoms with E-state index in [1.54, 1.807) is 13.8 Å². The number of ketones is 1. The van der Waals surface area contributed by atoms with Crippen molar-refractivity contribution in [1.29, 1.82) is 0 Å². The number of Topliss-reactive ketones (excluding diaryl/α,β-unsaturated/α-hetero) is 1. The van der Waals surface area contributed by atoms with Crippen LogP contribution in [0, 0.1) is 6.92 Å². The monoisotopic (exact) mass is 278 g/mol. The molecule has 4 nitrogen and oxygen atoms in total. The molecule has 0 atom stereocenters. The first kappa shape index (κ1) is 16.2. The number of carbonyl (C=O) groups excluding carboxylic acids is 2. The number of carbonyl (C=O) groups is 2. The number of rotatable bonds is 8. The number of benzene rings is 1. The van der Waals surface area contributed by atoms with Crippen LogP contribution in [0.4, 0.5) is 0 Å². The highest BCUT2D eigenvalue weighted by atomic mass is 16.5. The van der Waals surface area contributed by atoms with E-state index < -0.39 is 11.8 Å². The summed E-state index contributed by atoms with van der Waals surface area (Å²) in [6.45, 7) is 5.99. The largest absolute Gasteiger partial charge is 0.494 e. The lowest BCUT2D eigenvalue weighted by Gasteiger charge is -2.08. The Balaban J connectivity index is 2.16. The van der Waals surface area contributed by atoms with Gasteiger partial charge in [0, 0.05) is 6.42 Å². The minimum atomic E-state index is -0.736. The van der Waals surface area contributed by atoms with E-state index in [-0.39, 0.29) is 12.5 Å². The third kappa shape index (κ3) is 6.36. The van der Waals surface area contributed by atoms with Crippen molar-refractivity contribution in [3.8, 4) is 5.75 Å². The van der Waals surface area contributed by atoms with Crippen molar-refractivity contribution in [1.82, 2.24) is 0 Å². The number of aryl methyl sites for hydroxylation is 1. The van der Waals surface area contributed by atoms with Crippen LogP contribution in [0.3, 0.4) is 0 Å². The highest BCUT2D eigenvalue weighted by molar-refractivity contribution is 6.33. The summed E-state index contributed by atoms with van der Waals surface area (Å²) in [4.78, 5) is 22.7. The van der Waals surface area contributed by atoms with Gasteiger partial charge in [-0.25, -0.2) is 4.79 Å². The van der Waals surface area contributed by atoms with Gasteiger partial charge in [0.15, 0.2) is 0 Å². The Bertz CT molecular complexity index is 452. The van der Waals surface area contributed by atoms with Crippen LogP contribution >= 0.6 is 0 Å². The molecule has 20 heavy (non-hydrogen) atoms. The van der Waals surface area contributed by atoms with E-state index in [2.05, 4.69) is 0 Å². The molecule has 1 rings (SSSR count). The van der Waals surface area contributed by atoms with Crippen molar-refractivity contribution >= 4 is 11.8 Å². The van der Waals surface area contributed by atoms with Crippen LogP contribution < -0.4 is 4.74 Å². The number of ether oxygens (including phenoxy) is 2. The molecule has 1 aromatic rings. The lowest BCUT2D eigenvalue weighted by Crippen LogP contribution is -2.20. The van der Waals surface area contributed by atoms with Crippen LogP contribution in [0.1, 0.15) is 38.7 Å². The van der Waals surface area contributed by atoms with E-state index in [0.717, 1.165) is 17.7 Å². The molecule has 0 aliphatic carbocycles. The van der Waals surface area contributed by atoms with Crippen LogP contribution in [0.15, 0.2) is 24.3 Å². The van der Waals surface area contributed by atoms with Gasteiger partial charge >= 0.3 is 5.97 Å². The number of esters is 1. The van der Waals surface area contributed by atoms with E-state index in [9.17, 15) is 9.59 Å². The quantitative estimate of drug-likeness (QED) is 0.416. The lowest BCUT2D eigenvalue weighted by atomic mass is 10.2. The number of hydrogen-bond donors (Lipinski definition) is 0. The second kappa shape index (κ2) is 8.35. The second-order valence-corrected chi connectivity index (χ2v) is 5.00. The Kier molecular flexibility index (Phi) is 6.77. The molecule has 0 saturated carbocycles. The van der Waals surface area contributed by atoms with E-state index in [1.165, 1.54) is 0 Å². The van der Waals surface area contributed by atoms with Crippen molar-refractivity contribution in [2.24, 2.45) is 0 Å². The first-order valence-electron chi connectivity index (χ1n) is 6.92. The normalized spacial score (nSPS) is 10.4. The van der Waals surface area contributed by atoms with Gasteiger partial charge in [0.25, 0.3) is 0 Å². The molecule has 0 radical (unpaired) electrons. The average molecular weight is 278 g/mol. The minimum absolute atomic E-state index is 0.211. The van der Waals surface area contributed by atoms with E-state index >= 15 is 0 Å². The predicted octanol–water partition coefficient (Wildman–Crippen LogP) is 3.06. The molecule has 0 aliphatic rings. The van der Waals surface area contributed by atoms with Crippen molar-refractivity contribution in [3.05, 3.63) is 29.8 Å². The Morgan fingerprint density at radius 2 is 1.95 bits per heavy atom. The van der Waals surface area contributed by atoms with Crippen molar-refractivity contribution in [3.63, 3.8) is 0 Å². The minimum Gasteiger partial charge on any atom is -0.494 e. The summed E-state index contributed by atoms with van der Waals surface area (Å²) < 4.78 is 10.4.